The Hall–Kier alpha value is -1.08. The topological polar surface area (TPSA) is 70.6 Å². The number of aryl methyl sites for hydroxylation is 1. The Morgan fingerprint density at radius 1 is 1.39 bits per heavy atom. The molecular formula is C11H15N3O2S2. The van der Waals surface area contributed by atoms with Crippen molar-refractivity contribution in [3.8, 4) is 0 Å². The van der Waals surface area contributed by atoms with Crippen LogP contribution < -0.4 is 10.6 Å². The predicted octanol–water partition coefficient (Wildman–Crippen LogP) is 1.98. The molecule has 5 nitrogen and oxygen atoms in total. The van der Waals surface area contributed by atoms with E-state index in [-0.39, 0.29) is 0 Å². The number of hydrogen-bond donors (Lipinski definition) is 2. The van der Waals surface area contributed by atoms with Crippen LogP contribution in [0.1, 0.15) is 29.7 Å². The first kappa shape index (κ1) is 12.0. The number of hydrogen-bond acceptors (Lipinski definition) is 5. The summed E-state index contributed by atoms with van der Waals surface area (Å²) < 4.78 is 28.3. The molecule has 2 heterocycles. The molecule has 0 bridgehead atoms. The van der Waals surface area contributed by atoms with Crippen LogP contribution in [0.4, 0.5) is 5.69 Å². The third-order valence-electron chi connectivity index (χ3n) is 3.49. The lowest BCUT2D eigenvalue weighted by molar-refractivity contribution is 0.383. The van der Waals surface area contributed by atoms with Crippen molar-refractivity contribution in [1.29, 1.82) is 0 Å². The van der Waals surface area contributed by atoms with Crippen molar-refractivity contribution in [1.82, 2.24) is 5.32 Å². The Balaban J connectivity index is 1.97. The molecule has 18 heavy (non-hydrogen) atoms. The Morgan fingerprint density at radius 2 is 2.11 bits per heavy atom. The van der Waals surface area contributed by atoms with Gasteiger partial charge in [0.25, 0.3) is 10.0 Å². The minimum absolute atomic E-state index is 0.330. The summed E-state index contributed by atoms with van der Waals surface area (Å²) in [7, 11) is -3.54. The summed E-state index contributed by atoms with van der Waals surface area (Å²) in [5, 5.41) is 6.26. The van der Waals surface area contributed by atoms with E-state index in [0.29, 0.717) is 21.9 Å². The van der Waals surface area contributed by atoms with E-state index in [1.807, 2.05) is 13.8 Å². The second-order valence-electron chi connectivity index (χ2n) is 4.76. The third kappa shape index (κ3) is 1.81. The van der Waals surface area contributed by atoms with E-state index < -0.39 is 10.0 Å². The minimum Gasteiger partial charge on any atom is -0.352 e. The summed E-state index contributed by atoms with van der Waals surface area (Å²) in [6, 6.07) is 0.355. The summed E-state index contributed by atoms with van der Waals surface area (Å²) in [5.41, 5.74) is 1.68. The summed E-state index contributed by atoms with van der Waals surface area (Å²) in [6.07, 6.45) is 3.35. The van der Waals surface area contributed by atoms with Gasteiger partial charge in [0.15, 0.2) is 4.21 Å². The Bertz CT molecular complexity index is 627. The molecule has 98 valence electrons. The highest BCUT2D eigenvalue weighted by Crippen LogP contribution is 2.39. The number of rotatable bonds is 1. The molecule has 3 rings (SSSR count). The molecule has 0 atom stereocenters. The number of nitrogens with one attached hydrogen (secondary N) is 2. The molecule has 1 aromatic heterocycles. The van der Waals surface area contributed by atoms with Gasteiger partial charge in [0, 0.05) is 10.9 Å². The maximum atomic E-state index is 12.1. The molecule has 7 heteroatoms. The van der Waals surface area contributed by atoms with E-state index in [1.54, 1.807) is 0 Å². The second kappa shape index (κ2) is 3.96. The standard InChI is InChI=1S/C11H15N3O2S2/c1-6-7(2)17-10-9(6)13-11(14-18(10,15)16)12-8-4-3-5-8/h8H,3-5H2,1-2H3,(H2,12,13,14). The van der Waals surface area contributed by atoms with Crippen molar-refractivity contribution in [2.24, 2.45) is 4.40 Å². The maximum absolute atomic E-state index is 12.1. The van der Waals surface area contributed by atoms with Gasteiger partial charge in [-0.15, -0.1) is 15.7 Å². The molecule has 0 spiro atoms. The molecule has 1 aliphatic heterocycles. The third-order valence-corrected chi connectivity index (χ3v) is 6.47. The highest BCUT2D eigenvalue weighted by atomic mass is 32.2. The molecule has 0 amide bonds. The van der Waals surface area contributed by atoms with E-state index in [4.69, 9.17) is 0 Å². The Labute approximate surface area is 110 Å². The number of fused-ring (bicyclic) bond motifs is 1. The summed E-state index contributed by atoms with van der Waals surface area (Å²) in [5.74, 6) is 0.369. The fraction of sp³-hybridized carbons (Fsp3) is 0.545. The molecule has 1 saturated carbocycles. The monoisotopic (exact) mass is 285 g/mol. The fourth-order valence-corrected chi connectivity index (χ4v) is 4.66. The average Bonchev–Trinajstić information content (AvgIpc) is 2.51. The van der Waals surface area contributed by atoms with Crippen LogP contribution in [-0.4, -0.2) is 20.4 Å². The Morgan fingerprint density at radius 3 is 2.72 bits per heavy atom. The molecule has 0 saturated heterocycles. The van der Waals surface area contributed by atoms with Gasteiger partial charge in [-0.2, -0.15) is 8.42 Å². The van der Waals surface area contributed by atoms with Gasteiger partial charge in [-0.1, -0.05) is 0 Å². The fourth-order valence-electron chi connectivity index (χ4n) is 2.03. The van der Waals surface area contributed by atoms with Gasteiger partial charge in [0.1, 0.15) is 0 Å². The number of nitrogens with zero attached hydrogens (tertiary/aromatic N) is 1. The quantitative estimate of drug-likeness (QED) is 0.827. The van der Waals surface area contributed by atoms with Crippen LogP contribution in [-0.2, 0) is 10.0 Å². The van der Waals surface area contributed by atoms with Gasteiger partial charge >= 0.3 is 0 Å². The minimum atomic E-state index is -3.54. The first-order chi connectivity index (χ1) is 8.47. The van der Waals surface area contributed by atoms with Crippen LogP contribution in [0, 0.1) is 13.8 Å². The molecule has 0 radical (unpaired) electrons. The van der Waals surface area contributed by atoms with Crippen molar-refractivity contribution >= 4 is 33.0 Å². The van der Waals surface area contributed by atoms with Crippen LogP contribution in [0.2, 0.25) is 0 Å². The number of guanidine groups is 1. The SMILES string of the molecule is Cc1sc2c(c1C)NC(NC1CCC1)=NS2(=O)=O. The zero-order valence-electron chi connectivity index (χ0n) is 10.3. The zero-order chi connectivity index (χ0) is 12.9. The van der Waals surface area contributed by atoms with Crippen LogP contribution in [0.15, 0.2) is 8.61 Å². The molecule has 1 aliphatic carbocycles. The van der Waals surface area contributed by atoms with Gasteiger partial charge in [-0.3, -0.25) is 0 Å². The normalized spacial score (nSPS) is 21.6. The van der Waals surface area contributed by atoms with E-state index in [1.165, 1.54) is 17.8 Å². The summed E-state index contributed by atoms with van der Waals surface area (Å²) in [4.78, 5) is 1.01. The van der Waals surface area contributed by atoms with Gasteiger partial charge < -0.3 is 10.6 Å². The summed E-state index contributed by atoms with van der Waals surface area (Å²) in [6.45, 7) is 3.86. The lowest BCUT2D eigenvalue weighted by Gasteiger charge is -2.29. The van der Waals surface area contributed by atoms with Crippen molar-refractivity contribution in [3.05, 3.63) is 10.4 Å². The molecule has 1 fully saturated rings. The average molecular weight is 285 g/mol. The second-order valence-corrected chi connectivity index (χ2v) is 7.78. The molecule has 0 unspecified atom stereocenters. The van der Waals surface area contributed by atoms with Crippen LogP contribution in [0.25, 0.3) is 0 Å². The van der Waals surface area contributed by atoms with Gasteiger partial charge in [0.05, 0.1) is 5.69 Å². The van der Waals surface area contributed by atoms with Crippen LogP contribution in [0.5, 0.6) is 0 Å². The van der Waals surface area contributed by atoms with Crippen LogP contribution in [0.3, 0.4) is 0 Å². The van der Waals surface area contributed by atoms with Gasteiger partial charge in [-0.05, 0) is 38.7 Å². The lowest BCUT2D eigenvalue weighted by Crippen LogP contribution is -2.44. The Kier molecular flexibility index (Phi) is 2.63. The molecule has 2 aliphatic rings. The van der Waals surface area contributed by atoms with Crippen molar-refractivity contribution < 1.29 is 8.42 Å². The first-order valence-corrected chi connectivity index (χ1v) is 8.21. The molecular weight excluding hydrogens is 270 g/mol. The van der Waals surface area contributed by atoms with Crippen molar-refractivity contribution in [3.63, 3.8) is 0 Å². The number of sulfonamides is 1. The highest BCUT2D eigenvalue weighted by molar-refractivity contribution is 7.92. The van der Waals surface area contributed by atoms with Gasteiger partial charge in [-0.25, -0.2) is 0 Å². The van der Waals surface area contributed by atoms with E-state index in [9.17, 15) is 8.42 Å². The number of thiophene rings is 1. The van der Waals surface area contributed by atoms with Crippen LogP contribution >= 0.6 is 11.3 Å². The zero-order valence-corrected chi connectivity index (χ0v) is 11.9. The number of anilines is 1. The van der Waals surface area contributed by atoms with Crippen molar-refractivity contribution in [2.45, 2.75) is 43.4 Å². The maximum Gasteiger partial charge on any atom is 0.297 e. The van der Waals surface area contributed by atoms with E-state index in [0.717, 1.165) is 23.3 Å². The van der Waals surface area contributed by atoms with E-state index in [2.05, 4.69) is 15.0 Å². The van der Waals surface area contributed by atoms with Gasteiger partial charge in [0.2, 0.25) is 5.96 Å². The van der Waals surface area contributed by atoms with E-state index >= 15 is 0 Å². The first-order valence-electron chi connectivity index (χ1n) is 5.96. The lowest BCUT2D eigenvalue weighted by atomic mass is 9.93. The summed E-state index contributed by atoms with van der Waals surface area (Å²) >= 11 is 1.28. The highest BCUT2D eigenvalue weighted by Gasteiger charge is 2.31. The molecule has 1 aromatic rings. The predicted molar refractivity (Wildman–Crippen MR) is 72.8 cm³/mol. The smallest absolute Gasteiger partial charge is 0.297 e. The largest absolute Gasteiger partial charge is 0.352 e. The van der Waals surface area contributed by atoms with Crippen molar-refractivity contribution in [2.75, 3.05) is 5.32 Å². The molecule has 0 aromatic carbocycles. The molecule has 2 N–H and O–H groups in total.